The Bertz CT molecular complexity index is 171. The fraction of sp³-hybridized carbons (Fsp3) is 0.167. The molecular weight excluding hydrogens is 230 g/mol. The zero-order valence-corrected chi connectivity index (χ0v) is 8.18. The summed E-state index contributed by atoms with van der Waals surface area (Å²) in [7, 11) is 9.47. The van der Waals surface area contributed by atoms with Crippen molar-refractivity contribution in [3.63, 3.8) is 0 Å². The summed E-state index contributed by atoms with van der Waals surface area (Å²) < 4.78 is 0. The average Bonchev–Trinajstić information content (AvgIpc) is 2.08. The second-order valence-corrected chi connectivity index (χ2v) is 3.29. The molecular formula is C6H8Cl2CoN2. The van der Waals surface area contributed by atoms with E-state index in [1.165, 1.54) is 0 Å². The van der Waals surface area contributed by atoms with E-state index >= 15 is 0 Å². The van der Waals surface area contributed by atoms with Crippen molar-refractivity contribution in [2.45, 2.75) is 6.54 Å². The minimum atomic E-state index is 0.382. The Morgan fingerprint density at radius 3 is 2.36 bits per heavy atom. The Morgan fingerprint density at radius 1 is 1.45 bits per heavy atom. The van der Waals surface area contributed by atoms with Gasteiger partial charge >= 0.3 is 33.2 Å². The Morgan fingerprint density at radius 2 is 2.09 bits per heavy atom. The molecule has 1 rings (SSSR count). The topological polar surface area (TPSA) is 38.9 Å². The summed E-state index contributed by atoms with van der Waals surface area (Å²) in [4.78, 5) is 3.97. The predicted octanol–water partition coefficient (Wildman–Crippen LogP) is 1.92. The average molecular weight is 238 g/mol. The first-order valence-corrected chi connectivity index (χ1v) is 5.65. The number of hydrogen-bond acceptors (Lipinski definition) is 2. The molecule has 11 heavy (non-hydrogen) atoms. The Labute approximate surface area is 80.6 Å². The molecule has 65 valence electrons. The molecule has 0 bridgehead atoms. The van der Waals surface area contributed by atoms with Gasteiger partial charge in [-0.2, -0.15) is 0 Å². The van der Waals surface area contributed by atoms with Crippen molar-refractivity contribution in [2.24, 2.45) is 5.73 Å². The quantitative estimate of drug-likeness (QED) is 0.811. The molecule has 0 saturated heterocycles. The number of halogens is 2. The van der Waals surface area contributed by atoms with Gasteiger partial charge in [-0.15, -0.1) is 0 Å². The Hall–Kier alpha value is 0.196. The van der Waals surface area contributed by atoms with Crippen LogP contribution in [0.15, 0.2) is 24.4 Å². The summed E-state index contributed by atoms with van der Waals surface area (Å²) in [6.45, 7) is 0.529. The van der Waals surface area contributed by atoms with E-state index in [-0.39, 0.29) is 0 Å². The molecule has 1 heterocycles. The number of nitrogens with two attached hydrogens (primary N) is 1. The van der Waals surface area contributed by atoms with Crippen LogP contribution in [0, 0.1) is 0 Å². The predicted molar refractivity (Wildman–Crippen MR) is 43.8 cm³/mol. The van der Waals surface area contributed by atoms with Crippen molar-refractivity contribution < 1.29 is 12.9 Å². The molecule has 0 spiro atoms. The van der Waals surface area contributed by atoms with Crippen LogP contribution in [0.5, 0.6) is 0 Å². The molecule has 0 aliphatic rings. The van der Waals surface area contributed by atoms with Gasteiger partial charge in [0.1, 0.15) is 0 Å². The van der Waals surface area contributed by atoms with Gasteiger partial charge in [-0.3, -0.25) is 4.98 Å². The second kappa shape index (κ2) is 8.29. The van der Waals surface area contributed by atoms with Crippen LogP contribution in [0.25, 0.3) is 0 Å². The third-order valence-corrected chi connectivity index (χ3v) is 0.935. The van der Waals surface area contributed by atoms with E-state index in [1.807, 2.05) is 18.2 Å². The van der Waals surface area contributed by atoms with E-state index in [0.29, 0.717) is 19.4 Å². The zero-order chi connectivity index (χ0) is 8.53. The molecule has 0 fully saturated rings. The summed E-state index contributed by atoms with van der Waals surface area (Å²) in [6.07, 6.45) is 1.74. The molecule has 0 saturated carbocycles. The summed E-state index contributed by atoms with van der Waals surface area (Å²) in [5.74, 6) is 0. The fourth-order valence-electron chi connectivity index (χ4n) is 0.519. The maximum absolute atomic E-state index is 5.29. The molecule has 1 aromatic rings. The van der Waals surface area contributed by atoms with E-state index in [9.17, 15) is 0 Å². The Kier molecular flexibility index (Phi) is 8.44. The summed E-state index contributed by atoms with van der Waals surface area (Å²) >= 11 is 0.382. The molecule has 0 unspecified atom stereocenters. The van der Waals surface area contributed by atoms with E-state index in [1.54, 1.807) is 6.20 Å². The normalized spacial score (nSPS) is 8.64. The van der Waals surface area contributed by atoms with E-state index in [2.05, 4.69) is 4.98 Å². The van der Waals surface area contributed by atoms with Gasteiger partial charge in [-0.25, -0.2) is 0 Å². The van der Waals surface area contributed by atoms with Crippen molar-refractivity contribution in [2.75, 3.05) is 0 Å². The molecule has 0 amide bonds. The van der Waals surface area contributed by atoms with Gasteiger partial charge in [-0.05, 0) is 12.1 Å². The van der Waals surface area contributed by atoms with Crippen molar-refractivity contribution in [1.29, 1.82) is 0 Å². The van der Waals surface area contributed by atoms with Gasteiger partial charge in [0.25, 0.3) is 0 Å². The third-order valence-electron chi connectivity index (χ3n) is 0.935. The molecule has 2 nitrogen and oxygen atoms in total. The van der Waals surface area contributed by atoms with Gasteiger partial charge < -0.3 is 5.73 Å². The first-order chi connectivity index (χ1) is 5.35. The van der Waals surface area contributed by atoms with Crippen LogP contribution in [0.2, 0.25) is 0 Å². The number of rotatable bonds is 1. The standard InChI is InChI=1S/C6H8N2.2ClH.Co/c7-5-6-3-1-2-4-8-6;;;/h1-4H,5,7H2;2*1H;/q;;;+2/p-2. The SMILES string of the molecule is NCc1ccccn1.[Cl][Co][Cl]. The molecule has 5 heteroatoms. The minimum absolute atomic E-state index is 0.382. The van der Waals surface area contributed by atoms with E-state index < -0.39 is 0 Å². The van der Waals surface area contributed by atoms with Crippen molar-refractivity contribution in [3.05, 3.63) is 30.1 Å². The third kappa shape index (κ3) is 6.59. The molecule has 0 aliphatic carbocycles. The van der Waals surface area contributed by atoms with Gasteiger partial charge in [0.05, 0.1) is 5.69 Å². The van der Waals surface area contributed by atoms with Gasteiger partial charge in [0.2, 0.25) is 0 Å². The number of hydrogen-bond donors (Lipinski definition) is 1. The van der Waals surface area contributed by atoms with Crippen LogP contribution >= 0.6 is 20.3 Å². The van der Waals surface area contributed by atoms with Crippen LogP contribution in [-0.2, 0) is 19.4 Å². The van der Waals surface area contributed by atoms with Crippen molar-refractivity contribution >= 4 is 20.3 Å². The summed E-state index contributed by atoms with van der Waals surface area (Å²) in [5, 5.41) is 0. The number of nitrogens with zero attached hydrogens (tertiary/aromatic N) is 1. The van der Waals surface area contributed by atoms with Crippen LogP contribution in [0.1, 0.15) is 5.69 Å². The van der Waals surface area contributed by atoms with Crippen molar-refractivity contribution in [3.8, 4) is 0 Å². The maximum atomic E-state index is 5.29. The zero-order valence-electron chi connectivity index (χ0n) is 5.63. The van der Waals surface area contributed by atoms with Crippen molar-refractivity contribution in [1.82, 2.24) is 4.98 Å². The first-order valence-electron chi connectivity index (χ1n) is 2.78. The van der Waals surface area contributed by atoms with Gasteiger partial charge in [0.15, 0.2) is 0 Å². The van der Waals surface area contributed by atoms with E-state index in [0.717, 1.165) is 5.69 Å². The molecule has 0 radical (unpaired) electrons. The van der Waals surface area contributed by atoms with Crippen LogP contribution in [-0.4, -0.2) is 4.98 Å². The molecule has 2 N–H and O–H groups in total. The van der Waals surface area contributed by atoms with Crippen LogP contribution < -0.4 is 5.73 Å². The molecule has 0 aromatic carbocycles. The summed E-state index contributed by atoms with van der Waals surface area (Å²) in [5.41, 5.74) is 6.22. The van der Waals surface area contributed by atoms with Gasteiger partial charge in [-0.1, -0.05) is 6.07 Å². The Balaban J connectivity index is 0.000000292. The monoisotopic (exact) mass is 237 g/mol. The number of pyridine rings is 1. The van der Waals surface area contributed by atoms with Gasteiger partial charge in [0, 0.05) is 12.7 Å². The number of aromatic nitrogens is 1. The van der Waals surface area contributed by atoms with E-state index in [4.69, 9.17) is 26.0 Å². The first kappa shape index (κ1) is 11.2. The van der Waals surface area contributed by atoms with Crippen LogP contribution in [0.4, 0.5) is 0 Å². The fourth-order valence-corrected chi connectivity index (χ4v) is 0.519. The second-order valence-electron chi connectivity index (χ2n) is 1.57. The molecule has 0 aliphatic heterocycles. The molecule has 1 aromatic heterocycles. The van der Waals surface area contributed by atoms with Crippen LogP contribution in [0.3, 0.4) is 0 Å². The summed E-state index contributed by atoms with van der Waals surface area (Å²) in [6, 6.07) is 5.70. The molecule has 0 atom stereocenters.